The molecule has 1 aromatic rings. The van der Waals surface area contributed by atoms with Crippen molar-refractivity contribution < 1.29 is 4.79 Å². The minimum atomic E-state index is -0.0209. The molecular weight excluding hydrogens is 250 g/mol. The van der Waals surface area contributed by atoms with Crippen LogP contribution >= 0.6 is 11.6 Å². The molecule has 1 fully saturated rings. The Labute approximate surface area is 113 Å². The van der Waals surface area contributed by atoms with Crippen LogP contribution in [0.4, 0.5) is 0 Å². The van der Waals surface area contributed by atoms with Gasteiger partial charge in [0, 0.05) is 37.6 Å². The molecule has 18 heavy (non-hydrogen) atoms. The minimum absolute atomic E-state index is 0.0209. The molecule has 0 N–H and O–H groups in total. The lowest BCUT2D eigenvalue weighted by Gasteiger charge is -2.37. The average molecular weight is 268 g/mol. The van der Waals surface area contributed by atoms with Crippen LogP contribution in [0, 0.1) is 6.92 Å². The molecule has 1 aliphatic rings. The molecule has 1 unspecified atom stereocenters. The fourth-order valence-electron chi connectivity index (χ4n) is 2.09. The number of likely N-dealkylation sites (N-methyl/N-ethyl adjacent to an activating group) is 1. The van der Waals surface area contributed by atoms with Crippen molar-refractivity contribution in [3.8, 4) is 0 Å². The van der Waals surface area contributed by atoms with E-state index in [1.165, 1.54) is 0 Å². The number of hydrogen-bond donors (Lipinski definition) is 0. The summed E-state index contributed by atoms with van der Waals surface area (Å²) < 4.78 is 0. The number of rotatable bonds is 1. The first-order chi connectivity index (χ1) is 8.49. The maximum absolute atomic E-state index is 12.4. The maximum atomic E-state index is 12.4. The summed E-state index contributed by atoms with van der Waals surface area (Å²) in [5.74, 6) is -0.0209. The van der Waals surface area contributed by atoms with E-state index >= 15 is 0 Å². The molecule has 5 heteroatoms. The quantitative estimate of drug-likeness (QED) is 0.779. The van der Waals surface area contributed by atoms with E-state index in [-0.39, 0.29) is 5.91 Å². The molecule has 0 radical (unpaired) electrons. The van der Waals surface area contributed by atoms with E-state index in [2.05, 4.69) is 23.9 Å². The van der Waals surface area contributed by atoms with Crippen molar-refractivity contribution in [1.82, 2.24) is 14.8 Å². The maximum Gasteiger partial charge on any atom is 0.257 e. The van der Waals surface area contributed by atoms with Crippen LogP contribution in [-0.4, -0.2) is 53.4 Å². The highest BCUT2D eigenvalue weighted by atomic mass is 35.5. The number of halogens is 1. The van der Waals surface area contributed by atoms with Crippen molar-refractivity contribution in [2.75, 3.05) is 26.7 Å². The smallest absolute Gasteiger partial charge is 0.257 e. The minimum Gasteiger partial charge on any atom is -0.336 e. The molecule has 1 aliphatic heterocycles. The normalized spacial score (nSPS) is 21.1. The molecule has 0 aromatic carbocycles. The number of nitrogens with zero attached hydrogens (tertiary/aromatic N) is 3. The number of aryl methyl sites for hydroxylation is 1. The Morgan fingerprint density at radius 1 is 1.50 bits per heavy atom. The molecule has 0 bridgehead atoms. The van der Waals surface area contributed by atoms with Crippen molar-refractivity contribution in [3.63, 3.8) is 0 Å². The number of carbonyl (C=O) groups is 1. The first-order valence-corrected chi connectivity index (χ1v) is 6.48. The highest BCUT2D eigenvalue weighted by molar-refractivity contribution is 6.33. The van der Waals surface area contributed by atoms with Gasteiger partial charge in [-0.25, -0.2) is 0 Å². The van der Waals surface area contributed by atoms with Gasteiger partial charge >= 0.3 is 0 Å². The molecule has 1 atom stereocenters. The van der Waals surface area contributed by atoms with Crippen LogP contribution in [0.15, 0.2) is 12.3 Å². The predicted molar refractivity (Wildman–Crippen MR) is 72.0 cm³/mol. The molecular formula is C13H18ClN3O. The van der Waals surface area contributed by atoms with Gasteiger partial charge in [-0.3, -0.25) is 9.78 Å². The second kappa shape index (κ2) is 5.24. The molecule has 0 aliphatic carbocycles. The molecule has 1 aromatic heterocycles. The topological polar surface area (TPSA) is 36.4 Å². The largest absolute Gasteiger partial charge is 0.336 e. The van der Waals surface area contributed by atoms with E-state index in [0.29, 0.717) is 16.6 Å². The highest BCUT2D eigenvalue weighted by Crippen LogP contribution is 2.19. The lowest BCUT2D eigenvalue weighted by Crippen LogP contribution is -2.52. The third-order valence-corrected chi connectivity index (χ3v) is 3.78. The highest BCUT2D eigenvalue weighted by Gasteiger charge is 2.26. The molecule has 1 saturated heterocycles. The van der Waals surface area contributed by atoms with E-state index < -0.39 is 0 Å². The summed E-state index contributed by atoms with van der Waals surface area (Å²) in [5.41, 5.74) is 1.32. The van der Waals surface area contributed by atoms with E-state index in [1.807, 2.05) is 11.8 Å². The summed E-state index contributed by atoms with van der Waals surface area (Å²) in [5, 5.41) is 0.485. The van der Waals surface area contributed by atoms with Crippen LogP contribution in [0.25, 0.3) is 0 Å². The van der Waals surface area contributed by atoms with E-state index in [9.17, 15) is 4.79 Å². The van der Waals surface area contributed by atoms with Crippen LogP contribution in [0.3, 0.4) is 0 Å². The fourth-order valence-corrected chi connectivity index (χ4v) is 2.37. The van der Waals surface area contributed by atoms with Crippen LogP contribution in [0.5, 0.6) is 0 Å². The summed E-state index contributed by atoms with van der Waals surface area (Å²) in [6, 6.07) is 2.11. The molecule has 0 saturated carbocycles. The number of piperazine rings is 1. The third-order valence-electron chi connectivity index (χ3n) is 3.47. The molecule has 98 valence electrons. The van der Waals surface area contributed by atoms with Crippen molar-refractivity contribution in [2.24, 2.45) is 0 Å². The SMILES string of the molecule is Cc1cc(Cl)c(C(=O)N2CCN(C)C(C)C2)cn1. The van der Waals surface area contributed by atoms with E-state index in [0.717, 1.165) is 25.3 Å². The summed E-state index contributed by atoms with van der Waals surface area (Å²) in [6.45, 7) is 6.35. The van der Waals surface area contributed by atoms with E-state index in [1.54, 1.807) is 12.3 Å². The fraction of sp³-hybridized carbons (Fsp3) is 0.538. The van der Waals surface area contributed by atoms with Gasteiger partial charge in [-0.2, -0.15) is 0 Å². The van der Waals surface area contributed by atoms with Gasteiger partial charge in [0.05, 0.1) is 10.6 Å². The molecule has 0 spiro atoms. The van der Waals surface area contributed by atoms with Gasteiger partial charge in [-0.05, 0) is 27.0 Å². The van der Waals surface area contributed by atoms with Gasteiger partial charge in [-0.15, -0.1) is 0 Å². The third kappa shape index (κ3) is 2.65. The predicted octanol–water partition coefficient (Wildman–Crippen LogP) is 1.82. The summed E-state index contributed by atoms with van der Waals surface area (Å²) in [6.07, 6.45) is 1.57. The Hall–Kier alpha value is -1.13. The molecule has 2 rings (SSSR count). The number of hydrogen-bond acceptors (Lipinski definition) is 3. The number of amides is 1. The summed E-state index contributed by atoms with van der Waals surface area (Å²) in [4.78, 5) is 20.6. The van der Waals surface area contributed by atoms with Gasteiger partial charge in [-0.1, -0.05) is 11.6 Å². The summed E-state index contributed by atoms with van der Waals surface area (Å²) in [7, 11) is 2.08. The standard InChI is InChI=1S/C13H18ClN3O/c1-9-6-12(14)11(7-15-9)13(18)17-5-4-16(3)10(2)8-17/h6-7,10H,4-5,8H2,1-3H3. The second-order valence-electron chi connectivity index (χ2n) is 4.89. The molecule has 4 nitrogen and oxygen atoms in total. The Morgan fingerprint density at radius 2 is 2.22 bits per heavy atom. The zero-order valence-corrected chi connectivity index (χ0v) is 11.7. The van der Waals surface area contributed by atoms with Crippen molar-refractivity contribution in [1.29, 1.82) is 0 Å². The zero-order valence-electron chi connectivity index (χ0n) is 11.0. The Morgan fingerprint density at radius 3 is 2.83 bits per heavy atom. The first-order valence-electron chi connectivity index (χ1n) is 6.10. The zero-order chi connectivity index (χ0) is 13.3. The lowest BCUT2D eigenvalue weighted by molar-refractivity contribution is 0.0572. The van der Waals surface area contributed by atoms with Crippen molar-refractivity contribution in [3.05, 3.63) is 28.5 Å². The Bertz CT molecular complexity index is 464. The van der Waals surface area contributed by atoms with E-state index in [4.69, 9.17) is 11.6 Å². The number of aromatic nitrogens is 1. The average Bonchev–Trinajstić information content (AvgIpc) is 2.32. The van der Waals surface area contributed by atoms with Gasteiger partial charge in [0.2, 0.25) is 0 Å². The van der Waals surface area contributed by atoms with Crippen LogP contribution in [0.1, 0.15) is 23.0 Å². The monoisotopic (exact) mass is 267 g/mol. The van der Waals surface area contributed by atoms with Crippen molar-refractivity contribution >= 4 is 17.5 Å². The van der Waals surface area contributed by atoms with Crippen molar-refractivity contribution in [2.45, 2.75) is 19.9 Å². The Balaban J connectivity index is 2.16. The van der Waals surface area contributed by atoms with Gasteiger partial charge in [0.25, 0.3) is 5.91 Å². The number of carbonyl (C=O) groups excluding carboxylic acids is 1. The Kier molecular flexibility index (Phi) is 3.88. The van der Waals surface area contributed by atoms with Crippen LogP contribution in [-0.2, 0) is 0 Å². The van der Waals surface area contributed by atoms with Crippen LogP contribution < -0.4 is 0 Å². The lowest BCUT2D eigenvalue weighted by atomic mass is 10.1. The first kappa shape index (κ1) is 13.3. The van der Waals surface area contributed by atoms with Gasteiger partial charge < -0.3 is 9.80 Å². The molecule has 2 heterocycles. The van der Waals surface area contributed by atoms with Crippen LogP contribution in [0.2, 0.25) is 5.02 Å². The van der Waals surface area contributed by atoms with Gasteiger partial charge in [0.1, 0.15) is 0 Å². The van der Waals surface area contributed by atoms with Gasteiger partial charge in [0.15, 0.2) is 0 Å². The summed E-state index contributed by atoms with van der Waals surface area (Å²) >= 11 is 6.11. The molecule has 1 amide bonds. The number of pyridine rings is 1. The second-order valence-corrected chi connectivity index (χ2v) is 5.29.